The highest BCUT2D eigenvalue weighted by Crippen LogP contribution is 2.22. The molecule has 25 heavy (non-hydrogen) atoms. The zero-order chi connectivity index (χ0) is 18.5. The van der Waals surface area contributed by atoms with Crippen molar-refractivity contribution in [1.82, 2.24) is 10.0 Å². The van der Waals surface area contributed by atoms with Gasteiger partial charge < -0.3 is 9.73 Å². The fraction of sp³-hybridized carbons (Fsp3) is 0.389. The lowest BCUT2D eigenvalue weighted by Crippen LogP contribution is -2.34. The average molecular weight is 364 g/mol. The second-order valence-corrected chi connectivity index (χ2v) is 8.73. The van der Waals surface area contributed by atoms with Crippen LogP contribution < -0.4 is 10.0 Å². The number of sulfonamides is 1. The molecular formula is C18H24N2O4S. The van der Waals surface area contributed by atoms with Crippen LogP contribution in [0, 0.1) is 0 Å². The van der Waals surface area contributed by atoms with Gasteiger partial charge in [0.25, 0.3) is 5.91 Å². The maximum Gasteiger partial charge on any atom is 0.251 e. The third-order valence-corrected chi connectivity index (χ3v) is 5.04. The molecule has 0 radical (unpaired) electrons. The Morgan fingerprint density at radius 1 is 1.12 bits per heavy atom. The largest absolute Gasteiger partial charge is 0.468 e. The standard InChI is InChI=1S/C18H24N2O4S/c1-18(2,3)15-8-6-14(7-9-15)17(21)19-10-12-25(22,23)20-13-16-5-4-11-24-16/h4-9,11,20H,10,12-13H2,1-3H3,(H,19,21). The Hall–Kier alpha value is -2.12. The van der Waals surface area contributed by atoms with Gasteiger partial charge in [-0.2, -0.15) is 0 Å². The Morgan fingerprint density at radius 3 is 2.36 bits per heavy atom. The van der Waals surface area contributed by atoms with Gasteiger partial charge in [0.1, 0.15) is 5.76 Å². The molecule has 1 amide bonds. The van der Waals surface area contributed by atoms with Crippen LogP contribution in [0.2, 0.25) is 0 Å². The molecule has 0 saturated heterocycles. The molecule has 1 heterocycles. The molecule has 0 unspecified atom stereocenters. The van der Waals surface area contributed by atoms with E-state index in [0.717, 1.165) is 5.56 Å². The number of hydrogen-bond acceptors (Lipinski definition) is 4. The molecule has 0 atom stereocenters. The summed E-state index contributed by atoms with van der Waals surface area (Å²) in [6.45, 7) is 6.43. The summed E-state index contributed by atoms with van der Waals surface area (Å²) in [5, 5.41) is 2.62. The molecule has 1 aromatic heterocycles. The summed E-state index contributed by atoms with van der Waals surface area (Å²) in [4.78, 5) is 12.1. The summed E-state index contributed by atoms with van der Waals surface area (Å²) in [6.07, 6.45) is 1.48. The van der Waals surface area contributed by atoms with E-state index >= 15 is 0 Å². The van der Waals surface area contributed by atoms with E-state index < -0.39 is 10.0 Å². The summed E-state index contributed by atoms with van der Waals surface area (Å²) in [7, 11) is -3.49. The van der Waals surface area contributed by atoms with E-state index in [-0.39, 0.29) is 30.2 Å². The van der Waals surface area contributed by atoms with E-state index in [2.05, 4.69) is 30.8 Å². The average Bonchev–Trinajstić information content (AvgIpc) is 3.06. The van der Waals surface area contributed by atoms with Gasteiger partial charge in [0, 0.05) is 12.1 Å². The predicted octanol–water partition coefficient (Wildman–Crippen LogP) is 2.43. The molecule has 7 heteroatoms. The summed E-state index contributed by atoms with van der Waals surface area (Å²) in [5.41, 5.74) is 1.66. The zero-order valence-electron chi connectivity index (χ0n) is 14.7. The summed E-state index contributed by atoms with van der Waals surface area (Å²) in [6, 6.07) is 10.7. The van der Waals surface area contributed by atoms with Crippen molar-refractivity contribution in [3.63, 3.8) is 0 Å². The lowest BCUT2D eigenvalue weighted by molar-refractivity contribution is 0.0956. The van der Waals surface area contributed by atoms with Crippen molar-refractivity contribution < 1.29 is 17.6 Å². The Labute approximate surface area is 148 Å². The van der Waals surface area contributed by atoms with Gasteiger partial charge in [-0.3, -0.25) is 4.79 Å². The van der Waals surface area contributed by atoms with Gasteiger partial charge in [-0.1, -0.05) is 32.9 Å². The first kappa shape index (κ1) is 19.2. The Kier molecular flexibility index (Phi) is 6.02. The van der Waals surface area contributed by atoms with E-state index in [1.165, 1.54) is 6.26 Å². The topological polar surface area (TPSA) is 88.4 Å². The molecule has 0 saturated carbocycles. The lowest BCUT2D eigenvalue weighted by Gasteiger charge is -2.19. The van der Waals surface area contributed by atoms with Crippen LogP contribution in [0.25, 0.3) is 0 Å². The fourth-order valence-corrected chi connectivity index (χ4v) is 3.07. The molecule has 1 aromatic carbocycles. The van der Waals surface area contributed by atoms with Crippen molar-refractivity contribution in [2.75, 3.05) is 12.3 Å². The number of nitrogens with one attached hydrogen (secondary N) is 2. The minimum absolute atomic E-state index is 0.0166. The summed E-state index contributed by atoms with van der Waals surface area (Å²) < 4.78 is 31.3. The Morgan fingerprint density at radius 2 is 1.80 bits per heavy atom. The van der Waals surface area contributed by atoms with Crippen LogP contribution in [-0.4, -0.2) is 26.6 Å². The number of carbonyl (C=O) groups excluding carboxylic acids is 1. The number of hydrogen-bond donors (Lipinski definition) is 2. The third-order valence-electron chi connectivity index (χ3n) is 3.72. The van der Waals surface area contributed by atoms with Crippen LogP contribution in [0.5, 0.6) is 0 Å². The van der Waals surface area contributed by atoms with Gasteiger partial charge in [-0.15, -0.1) is 0 Å². The van der Waals surface area contributed by atoms with E-state index in [0.29, 0.717) is 11.3 Å². The van der Waals surface area contributed by atoms with E-state index in [4.69, 9.17) is 4.42 Å². The first-order valence-electron chi connectivity index (χ1n) is 8.06. The minimum atomic E-state index is -3.49. The molecule has 0 spiro atoms. The molecule has 136 valence electrons. The highest BCUT2D eigenvalue weighted by atomic mass is 32.2. The van der Waals surface area contributed by atoms with Crippen LogP contribution in [0.3, 0.4) is 0 Å². The van der Waals surface area contributed by atoms with Gasteiger partial charge in [0.2, 0.25) is 10.0 Å². The van der Waals surface area contributed by atoms with Gasteiger partial charge in [-0.05, 0) is 35.2 Å². The molecule has 0 bridgehead atoms. The lowest BCUT2D eigenvalue weighted by atomic mass is 9.87. The number of rotatable bonds is 7. The Bertz CT molecular complexity index is 789. The van der Waals surface area contributed by atoms with E-state index in [1.54, 1.807) is 24.3 Å². The van der Waals surface area contributed by atoms with Crippen LogP contribution in [-0.2, 0) is 22.0 Å². The predicted molar refractivity (Wildman–Crippen MR) is 96.8 cm³/mol. The maximum absolute atomic E-state index is 12.1. The highest BCUT2D eigenvalue weighted by Gasteiger charge is 2.15. The number of carbonyl (C=O) groups is 1. The van der Waals surface area contributed by atoms with Crippen molar-refractivity contribution in [2.24, 2.45) is 0 Å². The summed E-state index contributed by atoms with van der Waals surface area (Å²) >= 11 is 0. The molecule has 0 aliphatic rings. The normalized spacial score (nSPS) is 12.1. The molecule has 0 aliphatic carbocycles. The molecule has 6 nitrogen and oxygen atoms in total. The number of benzene rings is 1. The van der Waals surface area contributed by atoms with Crippen molar-refractivity contribution >= 4 is 15.9 Å². The molecule has 0 fully saturated rings. The SMILES string of the molecule is CC(C)(C)c1ccc(C(=O)NCCS(=O)(=O)NCc2ccco2)cc1. The van der Waals surface area contributed by atoms with Crippen molar-refractivity contribution in [3.8, 4) is 0 Å². The fourth-order valence-electron chi connectivity index (χ4n) is 2.19. The van der Waals surface area contributed by atoms with Gasteiger partial charge in [0.05, 0.1) is 18.6 Å². The molecule has 2 aromatic rings. The van der Waals surface area contributed by atoms with Crippen molar-refractivity contribution in [3.05, 3.63) is 59.5 Å². The van der Waals surface area contributed by atoms with Crippen LogP contribution in [0.15, 0.2) is 47.1 Å². The minimum Gasteiger partial charge on any atom is -0.468 e. The number of furan rings is 1. The Balaban J connectivity index is 1.81. The first-order valence-corrected chi connectivity index (χ1v) is 9.71. The van der Waals surface area contributed by atoms with Crippen LogP contribution in [0.4, 0.5) is 0 Å². The van der Waals surface area contributed by atoms with E-state index in [1.807, 2.05) is 12.1 Å². The van der Waals surface area contributed by atoms with Crippen molar-refractivity contribution in [2.45, 2.75) is 32.7 Å². The molecule has 2 rings (SSSR count). The zero-order valence-corrected chi connectivity index (χ0v) is 15.5. The van der Waals surface area contributed by atoms with Crippen LogP contribution >= 0.6 is 0 Å². The third kappa shape index (κ3) is 6.03. The smallest absolute Gasteiger partial charge is 0.251 e. The first-order chi connectivity index (χ1) is 11.7. The molecular weight excluding hydrogens is 340 g/mol. The molecule has 2 N–H and O–H groups in total. The second kappa shape index (κ2) is 7.84. The van der Waals surface area contributed by atoms with Crippen molar-refractivity contribution in [1.29, 1.82) is 0 Å². The van der Waals surface area contributed by atoms with Crippen LogP contribution in [0.1, 0.15) is 42.5 Å². The second-order valence-electron chi connectivity index (χ2n) is 6.80. The quantitative estimate of drug-likeness (QED) is 0.790. The number of amides is 1. The molecule has 0 aliphatic heterocycles. The van der Waals surface area contributed by atoms with Gasteiger partial charge in [0.15, 0.2) is 0 Å². The monoisotopic (exact) mass is 364 g/mol. The highest BCUT2D eigenvalue weighted by molar-refractivity contribution is 7.89. The van der Waals surface area contributed by atoms with Gasteiger partial charge in [-0.25, -0.2) is 13.1 Å². The summed E-state index contributed by atoms with van der Waals surface area (Å²) in [5.74, 6) is 0.0488. The van der Waals surface area contributed by atoms with Gasteiger partial charge >= 0.3 is 0 Å². The van der Waals surface area contributed by atoms with E-state index in [9.17, 15) is 13.2 Å². The maximum atomic E-state index is 12.1.